The monoisotopic (exact) mass is 396 g/mol. The van der Waals surface area contributed by atoms with E-state index in [0.29, 0.717) is 18.1 Å². The number of hydrogen-bond acceptors (Lipinski definition) is 3. The average Bonchev–Trinajstić information content (AvgIpc) is 3.08. The molecule has 1 saturated heterocycles. The van der Waals surface area contributed by atoms with Gasteiger partial charge in [0.25, 0.3) is 0 Å². The molecule has 0 bridgehead atoms. The molecule has 1 fully saturated rings. The van der Waals surface area contributed by atoms with Crippen molar-refractivity contribution in [3.05, 3.63) is 59.7 Å². The number of amides is 2. The number of hydrogen-bond donors (Lipinski definition) is 1. The molecule has 0 saturated carbocycles. The number of carbonyl (C=O) groups is 2. The maximum atomic E-state index is 12.6. The Balaban J connectivity index is 1.80. The van der Waals surface area contributed by atoms with Crippen LogP contribution < -0.4 is 10.2 Å². The zero-order valence-electron chi connectivity index (χ0n) is 16.8. The second-order valence-corrected chi connectivity index (χ2v) is 8.52. The van der Waals surface area contributed by atoms with E-state index >= 15 is 0 Å². The summed E-state index contributed by atoms with van der Waals surface area (Å²) in [5.41, 5.74) is 3.99. The van der Waals surface area contributed by atoms with Crippen molar-refractivity contribution in [1.29, 1.82) is 0 Å². The van der Waals surface area contributed by atoms with Crippen LogP contribution >= 0.6 is 11.8 Å². The quantitative estimate of drug-likeness (QED) is 0.651. The number of nitrogens with one attached hydrogen (secondary N) is 1. The molecule has 1 N–H and O–H groups in total. The van der Waals surface area contributed by atoms with Crippen molar-refractivity contribution < 1.29 is 9.59 Å². The molecule has 148 valence electrons. The number of carbonyl (C=O) groups excluding carboxylic acids is 2. The van der Waals surface area contributed by atoms with Crippen LogP contribution in [0.2, 0.25) is 0 Å². The number of rotatable bonds is 7. The van der Waals surface area contributed by atoms with Crippen LogP contribution in [0, 0.1) is 0 Å². The minimum atomic E-state index is -0.0788. The smallest absolute Gasteiger partial charge is 0.238 e. The van der Waals surface area contributed by atoms with Crippen LogP contribution in [0.3, 0.4) is 0 Å². The van der Waals surface area contributed by atoms with E-state index in [9.17, 15) is 9.59 Å². The van der Waals surface area contributed by atoms with E-state index in [1.807, 2.05) is 41.3 Å². The van der Waals surface area contributed by atoms with Gasteiger partial charge in [-0.15, -0.1) is 11.8 Å². The lowest BCUT2D eigenvalue weighted by Gasteiger charge is -2.25. The molecule has 0 spiro atoms. The van der Waals surface area contributed by atoms with Crippen LogP contribution in [-0.4, -0.2) is 17.6 Å². The summed E-state index contributed by atoms with van der Waals surface area (Å²) in [6.07, 6.45) is 2.42. The van der Waals surface area contributed by atoms with E-state index in [2.05, 4.69) is 38.2 Å². The van der Waals surface area contributed by atoms with Crippen molar-refractivity contribution in [2.75, 3.05) is 16.0 Å². The topological polar surface area (TPSA) is 49.4 Å². The van der Waals surface area contributed by atoms with Gasteiger partial charge in [-0.2, -0.15) is 0 Å². The first-order valence-corrected chi connectivity index (χ1v) is 11.0. The van der Waals surface area contributed by atoms with Crippen LogP contribution in [0.5, 0.6) is 0 Å². The predicted molar refractivity (Wildman–Crippen MR) is 118 cm³/mol. The predicted octanol–water partition coefficient (Wildman–Crippen LogP) is 5.72. The molecule has 2 amide bonds. The number of benzene rings is 2. The molecule has 4 nitrogen and oxygen atoms in total. The minimum absolute atomic E-state index is 0.0373. The Hall–Kier alpha value is -2.27. The summed E-state index contributed by atoms with van der Waals surface area (Å²) < 4.78 is 0. The van der Waals surface area contributed by atoms with Crippen LogP contribution in [0.4, 0.5) is 11.4 Å². The minimum Gasteiger partial charge on any atom is -0.326 e. The standard InChI is InChI=1S/C23H28N2O2S/c1-4-5-9-21(26)24-19-8-6-7-18(14-19)23-25(22(27)15-28-23)20-12-10-17(11-13-20)16(2)3/h6-8,10-14,16,23H,4-5,9,15H2,1-3H3,(H,24,26). The SMILES string of the molecule is CCCCC(=O)Nc1cccc(C2SCC(=O)N2c2ccc(C(C)C)cc2)c1. The lowest BCUT2D eigenvalue weighted by molar-refractivity contribution is -0.116. The molecule has 1 atom stereocenters. The zero-order chi connectivity index (χ0) is 20.1. The summed E-state index contributed by atoms with van der Waals surface area (Å²) in [5, 5.41) is 2.90. The molecule has 1 heterocycles. The number of nitrogens with zero attached hydrogens (tertiary/aromatic N) is 1. The summed E-state index contributed by atoms with van der Waals surface area (Å²) >= 11 is 1.62. The second-order valence-electron chi connectivity index (χ2n) is 7.45. The van der Waals surface area contributed by atoms with Gasteiger partial charge in [0.15, 0.2) is 0 Å². The lowest BCUT2D eigenvalue weighted by Crippen LogP contribution is -2.27. The molecule has 1 unspecified atom stereocenters. The van der Waals surface area contributed by atoms with Gasteiger partial charge >= 0.3 is 0 Å². The first kappa shape index (κ1) is 20.5. The fraction of sp³-hybridized carbons (Fsp3) is 0.391. The Labute approximate surface area is 171 Å². The molecule has 3 rings (SSSR count). The van der Waals surface area contributed by atoms with E-state index in [1.54, 1.807) is 11.8 Å². The van der Waals surface area contributed by atoms with Crippen molar-refractivity contribution in [2.24, 2.45) is 0 Å². The van der Waals surface area contributed by atoms with Crippen molar-refractivity contribution in [1.82, 2.24) is 0 Å². The highest BCUT2D eigenvalue weighted by Gasteiger charge is 2.34. The number of anilines is 2. The van der Waals surface area contributed by atoms with Crippen LogP contribution in [0.25, 0.3) is 0 Å². The third-order valence-electron chi connectivity index (χ3n) is 4.92. The third kappa shape index (κ3) is 4.76. The number of unbranched alkanes of at least 4 members (excludes halogenated alkanes) is 1. The summed E-state index contributed by atoms with van der Waals surface area (Å²) in [5.74, 6) is 1.07. The van der Waals surface area contributed by atoms with Gasteiger partial charge in [-0.05, 0) is 47.7 Å². The summed E-state index contributed by atoms with van der Waals surface area (Å²) in [6, 6.07) is 16.1. The van der Waals surface area contributed by atoms with Crippen LogP contribution in [-0.2, 0) is 9.59 Å². The molecule has 1 aliphatic heterocycles. The highest BCUT2D eigenvalue weighted by atomic mass is 32.2. The summed E-state index contributed by atoms with van der Waals surface area (Å²) in [4.78, 5) is 26.5. The molecule has 0 radical (unpaired) electrons. The van der Waals surface area contributed by atoms with Crippen molar-refractivity contribution in [2.45, 2.75) is 51.3 Å². The van der Waals surface area contributed by atoms with Crippen LogP contribution in [0.15, 0.2) is 48.5 Å². The van der Waals surface area contributed by atoms with Gasteiger partial charge in [-0.25, -0.2) is 0 Å². The molecule has 2 aromatic carbocycles. The average molecular weight is 397 g/mol. The second kappa shape index (κ2) is 9.28. The normalized spacial score (nSPS) is 16.6. The Bertz CT molecular complexity index is 833. The Morgan fingerprint density at radius 2 is 1.96 bits per heavy atom. The number of thioether (sulfide) groups is 1. The van der Waals surface area contributed by atoms with Crippen molar-refractivity contribution in [3.63, 3.8) is 0 Å². The maximum absolute atomic E-state index is 12.6. The van der Waals surface area contributed by atoms with E-state index in [1.165, 1.54) is 5.56 Å². The van der Waals surface area contributed by atoms with Gasteiger partial charge < -0.3 is 5.32 Å². The van der Waals surface area contributed by atoms with Gasteiger partial charge in [-0.1, -0.05) is 51.5 Å². The van der Waals surface area contributed by atoms with Crippen molar-refractivity contribution in [3.8, 4) is 0 Å². The van der Waals surface area contributed by atoms with E-state index in [4.69, 9.17) is 0 Å². The molecule has 28 heavy (non-hydrogen) atoms. The zero-order valence-corrected chi connectivity index (χ0v) is 17.6. The van der Waals surface area contributed by atoms with E-state index < -0.39 is 0 Å². The molecular formula is C23H28N2O2S. The van der Waals surface area contributed by atoms with E-state index in [0.717, 1.165) is 29.8 Å². The summed E-state index contributed by atoms with van der Waals surface area (Å²) in [7, 11) is 0. The first-order valence-electron chi connectivity index (χ1n) is 9.93. The van der Waals surface area contributed by atoms with Crippen molar-refractivity contribution >= 4 is 35.0 Å². The highest BCUT2D eigenvalue weighted by molar-refractivity contribution is 8.00. The van der Waals surface area contributed by atoms with Gasteiger partial charge in [-0.3, -0.25) is 14.5 Å². The van der Waals surface area contributed by atoms with Gasteiger partial charge in [0, 0.05) is 17.8 Å². The first-order chi connectivity index (χ1) is 13.5. The van der Waals surface area contributed by atoms with Crippen LogP contribution in [0.1, 0.15) is 62.5 Å². The highest BCUT2D eigenvalue weighted by Crippen LogP contribution is 2.42. The molecular weight excluding hydrogens is 368 g/mol. The largest absolute Gasteiger partial charge is 0.326 e. The van der Waals surface area contributed by atoms with Gasteiger partial charge in [0.05, 0.1) is 5.75 Å². The van der Waals surface area contributed by atoms with Gasteiger partial charge in [0.1, 0.15) is 5.37 Å². The Kier molecular flexibility index (Phi) is 6.79. The van der Waals surface area contributed by atoms with E-state index in [-0.39, 0.29) is 17.2 Å². The molecule has 0 aromatic heterocycles. The fourth-order valence-electron chi connectivity index (χ4n) is 3.30. The molecule has 2 aromatic rings. The fourth-order valence-corrected chi connectivity index (χ4v) is 4.47. The Morgan fingerprint density at radius 1 is 1.21 bits per heavy atom. The maximum Gasteiger partial charge on any atom is 0.238 e. The molecule has 0 aliphatic carbocycles. The summed E-state index contributed by atoms with van der Waals surface area (Å²) in [6.45, 7) is 6.40. The molecule has 1 aliphatic rings. The van der Waals surface area contributed by atoms with Gasteiger partial charge in [0.2, 0.25) is 11.8 Å². The molecule has 5 heteroatoms. The lowest BCUT2D eigenvalue weighted by atomic mass is 10.0. The third-order valence-corrected chi connectivity index (χ3v) is 6.13. The Morgan fingerprint density at radius 3 is 2.64 bits per heavy atom.